The van der Waals surface area contributed by atoms with E-state index in [2.05, 4.69) is 10.3 Å². The van der Waals surface area contributed by atoms with E-state index in [1.807, 2.05) is 53.9 Å². The molecule has 0 radical (unpaired) electrons. The van der Waals surface area contributed by atoms with E-state index in [-0.39, 0.29) is 17.9 Å². The van der Waals surface area contributed by atoms with Crippen LogP contribution in [0.1, 0.15) is 38.5 Å². The first-order valence-corrected chi connectivity index (χ1v) is 9.62. The molecule has 1 aromatic carbocycles. The summed E-state index contributed by atoms with van der Waals surface area (Å²) >= 11 is 1.56. The van der Waals surface area contributed by atoms with Crippen LogP contribution in [0.25, 0.3) is 0 Å². The highest BCUT2D eigenvalue weighted by molar-refractivity contribution is 7.10. The third-order valence-corrected chi connectivity index (χ3v) is 5.81. The lowest BCUT2D eigenvalue weighted by atomic mass is 9.81. The van der Waals surface area contributed by atoms with Crippen molar-refractivity contribution in [1.82, 2.24) is 15.2 Å². The van der Waals surface area contributed by atoms with Gasteiger partial charge in [0.05, 0.1) is 24.2 Å². The van der Waals surface area contributed by atoms with Gasteiger partial charge < -0.3 is 10.2 Å². The van der Waals surface area contributed by atoms with Crippen LogP contribution in [0.5, 0.6) is 0 Å². The van der Waals surface area contributed by atoms with Crippen molar-refractivity contribution in [3.8, 4) is 0 Å². The highest BCUT2D eigenvalue weighted by atomic mass is 32.1. The molecular weight excluding hydrogens is 358 g/mol. The molecule has 0 saturated heterocycles. The van der Waals surface area contributed by atoms with Crippen LogP contribution in [0.3, 0.4) is 0 Å². The number of rotatable bonds is 4. The highest BCUT2D eigenvalue weighted by Gasteiger charge is 2.42. The molecule has 4 rings (SSSR count). The number of pyridine rings is 1. The summed E-state index contributed by atoms with van der Waals surface area (Å²) in [7, 11) is 1.77. The molecule has 2 unspecified atom stereocenters. The number of carbonyl (C=O) groups is 2. The van der Waals surface area contributed by atoms with Crippen LogP contribution in [-0.4, -0.2) is 28.7 Å². The number of aromatic nitrogens is 1. The number of benzene rings is 1. The number of fused-ring (bicyclic) bond motifs is 1. The second kappa shape index (κ2) is 7.32. The van der Waals surface area contributed by atoms with E-state index in [0.29, 0.717) is 12.1 Å². The van der Waals surface area contributed by atoms with Crippen molar-refractivity contribution in [3.63, 3.8) is 0 Å². The molecule has 1 N–H and O–H groups in total. The van der Waals surface area contributed by atoms with Gasteiger partial charge >= 0.3 is 0 Å². The van der Waals surface area contributed by atoms with Gasteiger partial charge in [-0.15, -0.1) is 11.3 Å². The Morgan fingerprint density at radius 1 is 1.15 bits per heavy atom. The number of hydrogen-bond donors (Lipinski definition) is 1. The molecule has 2 aromatic heterocycles. The smallest absolute Gasteiger partial charge is 0.254 e. The normalized spacial score (nSPS) is 18.9. The standard InChI is InChI=1S/C21H19N3O2S/c1-24-19(17-10-6-12-27-17)18(15-8-2-3-9-16(15)21(24)26)20(25)23-13-14-7-4-5-11-22-14/h2-12,18-19H,13H2,1H3,(H,23,25). The number of nitrogens with zero attached hydrogens (tertiary/aromatic N) is 2. The van der Waals surface area contributed by atoms with Crippen LogP contribution in [0.15, 0.2) is 66.2 Å². The number of carbonyl (C=O) groups excluding carboxylic acids is 2. The lowest BCUT2D eigenvalue weighted by Gasteiger charge is -2.39. The van der Waals surface area contributed by atoms with Crippen molar-refractivity contribution >= 4 is 23.2 Å². The number of nitrogens with one attached hydrogen (secondary N) is 1. The molecular formula is C21H19N3O2S. The van der Waals surface area contributed by atoms with Crippen LogP contribution in [0.4, 0.5) is 0 Å². The van der Waals surface area contributed by atoms with Crippen molar-refractivity contribution < 1.29 is 9.59 Å². The first-order valence-electron chi connectivity index (χ1n) is 8.74. The minimum absolute atomic E-state index is 0.0576. The molecule has 0 saturated carbocycles. The average Bonchev–Trinajstić information content (AvgIpc) is 3.24. The Balaban J connectivity index is 1.70. The Labute approximate surface area is 161 Å². The Bertz CT molecular complexity index is 957. The zero-order valence-electron chi connectivity index (χ0n) is 14.8. The molecule has 3 heterocycles. The molecule has 6 heteroatoms. The highest BCUT2D eigenvalue weighted by Crippen LogP contribution is 2.43. The molecule has 1 aliphatic heterocycles. The maximum absolute atomic E-state index is 13.2. The Morgan fingerprint density at radius 3 is 2.70 bits per heavy atom. The van der Waals surface area contributed by atoms with Gasteiger partial charge in [0.2, 0.25) is 5.91 Å². The second-order valence-electron chi connectivity index (χ2n) is 6.48. The molecule has 0 spiro atoms. The van der Waals surface area contributed by atoms with Crippen molar-refractivity contribution in [2.24, 2.45) is 0 Å². The van der Waals surface area contributed by atoms with Gasteiger partial charge in [-0.2, -0.15) is 0 Å². The largest absolute Gasteiger partial charge is 0.350 e. The van der Waals surface area contributed by atoms with E-state index in [0.717, 1.165) is 16.1 Å². The monoisotopic (exact) mass is 377 g/mol. The Kier molecular flexibility index (Phi) is 4.73. The van der Waals surface area contributed by atoms with Crippen LogP contribution >= 0.6 is 11.3 Å². The summed E-state index contributed by atoms with van der Waals surface area (Å²) in [6, 6.07) is 16.6. The summed E-state index contributed by atoms with van der Waals surface area (Å²) in [4.78, 5) is 33.0. The summed E-state index contributed by atoms with van der Waals surface area (Å²) in [5.41, 5.74) is 2.16. The summed E-state index contributed by atoms with van der Waals surface area (Å²) in [6.45, 7) is 0.354. The molecule has 2 amide bonds. The Hall–Kier alpha value is -2.99. The molecule has 0 bridgehead atoms. The van der Waals surface area contributed by atoms with Gasteiger partial charge in [-0.05, 0) is 35.2 Å². The molecule has 136 valence electrons. The van der Waals surface area contributed by atoms with Gasteiger partial charge in [0.25, 0.3) is 5.91 Å². The molecule has 27 heavy (non-hydrogen) atoms. The maximum atomic E-state index is 13.2. The Morgan fingerprint density at radius 2 is 1.96 bits per heavy atom. The van der Waals surface area contributed by atoms with Crippen molar-refractivity contribution in [3.05, 3.63) is 87.9 Å². The van der Waals surface area contributed by atoms with E-state index in [9.17, 15) is 9.59 Å². The molecule has 3 aromatic rings. The van der Waals surface area contributed by atoms with Gasteiger partial charge in [0.1, 0.15) is 0 Å². The van der Waals surface area contributed by atoms with Crippen LogP contribution in [0, 0.1) is 0 Å². The minimum Gasteiger partial charge on any atom is -0.350 e. The fourth-order valence-corrected chi connectivity index (χ4v) is 4.47. The molecule has 2 atom stereocenters. The fraction of sp³-hybridized carbons (Fsp3) is 0.190. The van der Waals surface area contributed by atoms with Gasteiger partial charge in [0, 0.05) is 23.7 Å². The van der Waals surface area contributed by atoms with Gasteiger partial charge in [0.15, 0.2) is 0 Å². The van der Waals surface area contributed by atoms with Gasteiger partial charge in [-0.1, -0.05) is 30.3 Å². The van der Waals surface area contributed by atoms with E-state index in [4.69, 9.17) is 0 Å². The molecule has 0 fully saturated rings. The van der Waals surface area contributed by atoms with Crippen molar-refractivity contribution in [2.75, 3.05) is 7.05 Å². The van der Waals surface area contributed by atoms with Crippen molar-refractivity contribution in [2.45, 2.75) is 18.5 Å². The first-order chi connectivity index (χ1) is 13.2. The molecule has 1 aliphatic rings. The summed E-state index contributed by atoms with van der Waals surface area (Å²) in [6.07, 6.45) is 1.71. The predicted molar refractivity (Wildman–Crippen MR) is 104 cm³/mol. The lowest BCUT2D eigenvalue weighted by molar-refractivity contribution is -0.124. The van der Waals surface area contributed by atoms with E-state index in [1.165, 1.54) is 0 Å². The zero-order valence-corrected chi connectivity index (χ0v) is 15.6. The fourth-order valence-electron chi connectivity index (χ4n) is 3.56. The van der Waals surface area contributed by atoms with Crippen LogP contribution in [0.2, 0.25) is 0 Å². The zero-order chi connectivity index (χ0) is 18.8. The average molecular weight is 377 g/mol. The minimum atomic E-state index is -0.466. The van der Waals surface area contributed by atoms with E-state index in [1.54, 1.807) is 35.5 Å². The van der Waals surface area contributed by atoms with Gasteiger partial charge in [-0.3, -0.25) is 14.6 Å². The van der Waals surface area contributed by atoms with Crippen LogP contribution < -0.4 is 5.32 Å². The number of thiophene rings is 1. The predicted octanol–water partition coefficient (Wildman–Crippen LogP) is 3.37. The SMILES string of the molecule is CN1C(=O)c2ccccc2C(C(=O)NCc2ccccn2)C1c1cccs1. The number of amides is 2. The van der Waals surface area contributed by atoms with Crippen LogP contribution in [-0.2, 0) is 11.3 Å². The second-order valence-corrected chi connectivity index (χ2v) is 7.46. The summed E-state index contributed by atoms with van der Waals surface area (Å²) in [5, 5.41) is 4.97. The third-order valence-electron chi connectivity index (χ3n) is 4.87. The van der Waals surface area contributed by atoms with Crippen molar-refractivity contribution in [1.29, 1.82) is 0 Å². The first kappa shape index (κ1) is 17.4. The topological polar surface area (TPSA) is 62.3 Å². The lowest BCUT2D eigenvalue weighted by Crippen LogP contribution is -2.45. The number of hydrogen-bond acceptors (Lipinski definition) is 4. The quantitative estimate of drug-likeness (QED) is 0.758. The molecule has 0 aliphatic carbocycles. The summed E-state index contributed by atoms with van der Waals surface area (Å²) in [5.74, 6) is -0.630. The summed E-state index contributed by atoms with van der Waals surface area (Å²) < 4.78 is 0. The number of likely N-dealkylation sites (N-methyl/N-ethyl adjacent to an activating group) is 1. The van der Waals surface area contributed by atoms with E-state index >= 15 is 0 Å². The maximum Gasteiger partial charge on any atom is 0.254 e. The third kappa shape index (κ3) is 3.24. The van der Waals surface area contributed by atoms with Gasteiger partial charge in [-0.25, -0.2) is 0 Å². The van der Waals surface area contributed by atoms with E-state index < -0.39 is 5.92 Å². The molecule has 5 nitrogen and oxygen atoms in total.